The number of rotatable bonds is 5. The zero-order valence-corrected chi connectivity index (χ0v) is 13.4. The zero-order valence-electron chi connectivity index (χ0n) is 11.8. The van der Waals surface area contributed by atoms with Gasteiger partial charge in [-0.25, -0.2) is 13.1 Å². The second-order valence-corrected chi connectivity index (χ2v) is 7.56. The largest absolute Gasteiger partial charge is 0.507 e. The Balaban J connectivity index is 2.41. The Morgan fingerprint density at radius 3 is 2.19 bits per heavy atom. The molecule has 2 N–H and O–H groups in total. The lowest BCUT2D eigenvalue weighted by atomic mass is 10.3. The van der Waals surface area contributed by atoms with Gasteiger partial charge in [0.2, 0.25) is 10.0 Å². The maximum Gasteiger partial charge on any atom is 0.241 e. The molecular formula is C15H17NO3S2. The molecule has 0 unspecified atom stereocenters. The summed E-state index contributed by atoms with van der Waals surface area (Å²) in [5.41, 5.74) is 0. The van der Waals surface area contributed by atoms with Crippen molar-refractivity contribution in [3.63, 3.8) is 0 Å². The Labute approximate surface area is 129 Å². The summed E-state index contributed by atoms with van der Waals surface area (Å²) in [4.78, 5) is 1.41. The molecule has 21 heavy (non-hydrogen) atoms. The highest BCUT2D eigenvalue weighted by atomic mass is 32.2. The summed E-state index contributed by atoms with van der Waals surface area (Å²) in [5.74, 6) is 0.131. The summed E-state index contributed by atoms with van der Waals surface area (Å²) in [7, 11) is -3.58. The van der Waals surface area contributed by atoms with E-state index in [0.29, 0.717) is 9.79 Å². The number of sulfonamides is 1. The van der Waals surface area contributed by atoms with Crippen LogP contribution in [-0.2, 0) is 10.0 Å². The molecule has 6 heteroatoms. The Kier molecular flexibility index (Phi) is 4.92. The van der Waals surface area contributed by atoms with E-state index in [9.17, 15) is 13.5 Å². The predicted octanol–water partition coefficient (Wildman–Crippen LogP) is 3.23. The quantitative estimate of drug-likeness (QED) is 0.886. The van der Waals surface area contributed by atoms with Crippen LogP contribution in [0, 0.1) is 0 Å². The number of para-hydroxylation sites is 1. The average molecular weight is 323 g/mol. The Morgan fingerprint density at radius 1 is 1.00 bits per heavy atom. The van der Waals surface area contributed by atoms with Crippen LogP contribution in [0.4, 0.5) is 0 Å². The first-order valence-corrected chi connectivity index (χ1v) is 8.77. The van der Waals surface area contributed by atoms with Gasteiger partial charge in [-0.3, -0.25) is 0 Å². The molecule has 2 aromatic carbocycles. The fourth-order valence-electron chi connectivity index (χ4n) is 1.79. The molecule has 0 aromatic heterocycles. The summed E-state index contributed by atoms with van der Waals surface area (Å²) < 4.78 is 27.3. The fourth-order valence-corrected chi connectivity index (χ4v) is 4.46. The molecule has 0 aliphatic carbocycles. The summed E-state index contributed by atoms with van der Waals surface area (Å²) in [6, 6.07) is 13.4. The van der Waals surface area contributed by atoms with Gasteiger partial charge in [-0.1, -0.05) is 36.0 Å². The van der Waals surface area contributed by atoms with Crippen LogP contribution in [0.5, 0.6) is 5.75 Å². The number of aromatic hydroxyl groups is 1. The van der Waals surface area contributed by atoms with E-state index in [0.717, 1.165) is 0 Å². The van der Waals surface area contributed by atoms with Gasteiger partial charge in [0.05, 0.1) is 9.79 Å². The highest BCUT2D eigenvalue weighted by molar-refractivity contribution is 8.00. The van der Waals surface area contributed by atoms with Crippen molar-refractivity contribution in [2.75, 3.05) is 0 Å². The molecule has 0 atom stereocenters. The molecule has 0 fully saturated rings. The first-order valence-electron chi connectivity index (χ1n) is 6.47. The lowest BCUT2D eigenvalue weighted by molar-refractivity contribution is 0.462. The first-order chi connectivity index (χ1) is 9.90. The third-order valence-corrected chi connectivity index (χ3v) is 5.60. The molecule has 0 heterocycles. The first kappa shape index (κ1) is 15.9. The van der Waals surface area contributed by atoms with Gasteiger partial charge >= 0.3 is 0 Å². The van der Waals surface area contributed by atoms with E-state index in [1.54, 1.807) is 62.4 Å². The van der Waals surface area contributed by atoms with Gasteiger partial charge in [0.1, 0.15) is 5.75 Å². The Bertz CT molecular complexity index is 727. The molecule has 0 aliphatic rings. The number of hydrogen-bond donors (Lipinski definition) is 2. The molecule has 0 spiro atoms. The highest BCUT2D eigenvalue weighted by Crippen LogP contribution is 2.37. The van der Waals surface area contributed by atoms with Crippen LogP contribution >= 0.6 is 11.8 Å². The second kappa shape index (κ2) is 6.51. The highest BCUT2D eigenvalue weighted by Gasteiger charge is 2.20. The van der Waals surface area contributed by atoms with Crippen molar-refractivity contribution in [1.82, 2.24) is 4.72 Å². The fraction of sp³-hybridized carbons (Fsp3) is 0.200. The van der Waals surface area contributed by atoms with Crippen LogP contribution in [0.25, 0.3) is 0 Å². The standard InChI is InChI=1S/C15H17NO3S2/c1-11(2)16-21(18,19)15-10-6-5-9-14(15)20-13-8-4-3-7-12(13)17/h3-11,16-17H,1-2H3. The van der Waals surface area contributed by atoms with Crippen LogP contribution in [0.15, 0.2) is 63.2 Å². The maximum atomic E-state index is 12.4. The number of benzene rings is 2. The topological polar surface area (TPSA) is 66.4 Å². The molecule has 0 bridgehead atoms. The SMILES string of the molecule is CC(C)NS(=O)(=O)c1ccccc1Sc1ccccc1O. The van der Waals surface area contributed by atoms with Crippen LogP contribution < -0.4 is 4.72 Å². The lowest BCUT2D eigenvalue weighted by Gasteiger charge is -2.13. The van der Waals surface area contributed by atoms with Gasteiger partial charge in [-0.15, -0.1) is 0 Å². The number of phenolic OH excluding ortho intramolecular Hbond substituents is 1. The van der Waals surface area contributed by atoms with Crippen LogP contribution in [0.2, 0.25) is 0 Å². The lowest BCUT2D eigenvalue weighted by Crippen LogP contribution is -2.30. The smallest absolute Gasteiger partial charge is 0.241 e. The van der Waals surface area contributed by atoms with Crippen LogP contribution in [-0.4, -0.2) is 19.6 Å². The van der Waals surface area contributed by atoms with Gasteiger partial charge in [-0.2, -0.15) is 0 Å². The van der Waals surface area contributed by atoms with Crippen molar-refractivity contribution in [3.8, 4) is 5.75 Å². The maximum absolute atomic E-state index is 12.4. The van der Waals surface area contributed by atoms with E-state index in [4.69, 9.17) is 0 Å². The van der Waals surface area contributed by atoms with E-state index in [1.807, 2.05) is 0 Å². The minimum atomic E-state index is -3.58. The third-order valence-electron chi connectivity index (χ3n) is 2.61. The van der Waals surface area contributed by atoms with Gasteiger partial charge < -0.3 is 5.11 Å². The van der Waals surface area contributed by atoms with E-state index >= 15 is 0 Å². The average Bonchev–Trinajstić information content (AvgIpc) is 2.40. The molecule has 4 nitrogen and oxygen atoms in total. The van der Waals surface area contributed by atoms with Crippen molar-refractivity contribution in [2.45, 2.75) is 34.6 Å². The van der Waals surface area contributed by atoms with Gasteiger partial charge in [-0.05, 0) is 38.1 Å². The molecule has 0 aliphatic heterocycles. The van der Waals surface area contributed by atoms with Gasteiger partial charge in [0.25, 0.3) is 0 Å². The molecule has 0 saturated carbocycles. The van der Waals surface area contributed by atoms with Crippen LogP contribution in [0.3, 0.4) is 0 Å². The molecule has 0 saturated heterocycles. The zero-order chi connectivity index (χ0) is 15.5. The van der Waals surface area contributed by atoms with Gasteiger partial charge in [0, 0.05) is 10.9 Å². The molecule has 2 aromatic rings. The van der Waals surface area contributed by atoms with Crippen molar-refractivity contribution in [2.24, 2.45) is 0 Å². The number of hydrogen-bond acceptors (Lipinski definition) is 4. The van der Waals surface area contributed by atoms with Crippen molar-refractivity contribution in [1.29, 1.82) is 0 Å². The summed E-state index contributed by atoms with van der Waals surface area (Å²) in [6.07, 6.45) is 0. The number of phenols is 1. The van der Waals surface area contributed by atoms with E-state index in [1.165, 1.54) is 11.8 Å². The minimum Gasteiger partial charge on any atom is -0.507 e. The molecule has 2 rings (SSSR count). The third kappa shape index (κ3) is 4.00. The summed E-state index contributed by atoms with van der Waals surface area (Å²) >= 11 is 1.23. The summed E-state index contributed by atoms with van der Waals surface area (Å²) in [6.45, 7) is 3.55. The van der Waals surface area contributed by atoms with Crippen molar-refractivity contribution < 1.29 is 13.5 Å². The second-order valence-electron chi connectivity index (χ2n) is 4.79. The van der Waals surface area contributed by atoms with Gasteiger partial charge in [0.15, 0.2) is 0 Å². The number of nitrogens with one attached hydrogen (secondary N) is 1. The molecule has 0 radical (unpaired) electrons. The minimum absolute atomic E-state index is 0.131. The molecular weight excluding hydrogens is 306 g/mol. The van der Waals surface area contributed by atoms with E-state index < -0.39 is 10.0 Å². The monoisotopic (exact) mass is 323 g/mol. The van der Waals surface area contributed by atoms with Crippen molar-refractivity contribution >= 4 is 21.8 Å². The van der Waals surface area contributed by atoms with Crippen LogP contribution in [0.1, 0.15) is 13.8 Å². The normalized spacial score (nSPS) is 11.8. The molecule has 112 valence electrons. The Hall–Kier alpha value is -1.50. The molecule has 0 amide bonds. The summed E-state index contributed by atoms with van der Waals surface area (Å²) in [5, 5.41) is 9.83. The Morgan fingerprint density at radius 2 is 1.57 bits per heavy atom. The van der Waals surface area contributed by atoms with E-state index in [2.05, 4.69) is 4.72 Å². The van der Waals surface area contributed by atoms with Crippen molar-refractivity contribution in [3.05, 3.63) is 48.5 Å². The van der Waals surface area contributed by atoms with E-state index in [-0.39, 0.29) is 16.7 Å². The predicted molar refractivity (Wildman–Crippen MR) is 84.1 cm³/mol.